The molecule has 2 aromatic rings. The highest BCUT2D eigenvalue weighted by atomic mass is 16.6. The Kier molecular flexibility index (Phi) is 3.96. The molecule has 0 fully saturated rings. The van der Waals surface area contributed by atoms with Gasteiger partial charge in [-0.15, -0.1) is 0 Å². The highest BCUT2D eigenvalue weighted by molar-refractivity contribution is 5.68. The maximum Gasteiger partial charge on any atom is 0.354 e. The predicted molar refractivity (Wildman–Crippen MR) is 70.6 cm³/mol. The van der Waals surface area contributed by atoms with Gasteiger partial charge in [0.15, 0.2) is 0 Å². The Balaban J connectivity index is 2.21. The van der Waals surface area contributed by atoms with E-state index in [4.69, 9.17) is 5.84 Å². The molecule has 0 aliphatic heterocycles. The molecule has 0 atom stereocenters. The molecule has 0 spiro atoms. The van der Waals surface area contributed by atoms with E-state index in [2.05, 4.69) is 30.7 Å². The van der Waals surface area contributed by atoms with E-state index >= 15 is 0 Å². The van der Waals surface area contributed by atoms with Crippen molar-refractivity contribution in [2.24, 2.45) is 5.84 Å². The zero-order valence-corrected chi connectivity index (χ0v) is 10.6. The highest BCUT2D eigenvalue weighted by Gasteiger charge is 2.22. The van der Waals surface area contributed by atoms with Gasteiger partial charge in [-0.05, 0) is 6.92 Å². The van der Waals surface area contributed by atoms with E-state index in [1.165, 1.54) is 6.33 Å². The van der Waals surface area contributed by atoms with E-state index in [1.807, 2.05) is 6.92 Å². The molecule has 0 unspecified atom stereocenters. The Labute approximate surface area is 113 Å². The summed E-state index contributed by atoms with van der Waals surface area (Å²) in [5.74, 6) is 5.18. The molecule has 0 bridgehead atoms. The van der Waals surface area contributed by atoms with Gasteiger partial charge in [-0.3, -0.25) is 20.1 Å². The summed E-state index contributed by atoms with van der Waals surface area (Å²) in [4.78, 5) is 26.1. The second-order valence-electron chi connectivity index (χ2n) is 3.82. The number of anilines is 2. The summed E-state index contributed by atoms with van der Waals surface area (Å²) in [6.45, 7) is 2.06. The van der Waals surface area contributed by atoms with Gasteiger partial charge in [0.2, 0.25) is 11.6 Å². The SMILES string of the molecule is Cc1cnc(CNc2ncnc(NN)c2[N+](=O)[O-])cn1. The van der Waals surface area contributed by atoms with Gasteiger partial charge in [0.25, 0.3) is 0 Å². The van der Waals surface area contributed by atoms with Crippen LogP contribution in [0.2, 0.25) is 0 Å². The molecule has 20 heavy (non-hydrogen) atoms. The standard InChI is InChI=1S/C10H12N8O2/c1-6-2-13-7(3-12-6)4-14-9-8(18(19)20)10(17-11)16-5-15-9/h2-3,5H,4,11H2,1H3,(H2,14,15,16,17). The molecule has 0 amide bonds. The normalized spacial score (nSPS) is 10.1. The minimum atomic E-state index is -0.613. The molecule has 0 saturated heterocycles. The first-order valence-electron chi connectivity index (χ1n) is 5.59. The molecule has 0 aliphatic carbocycles. The lowest BCUT2D eigenvalue weighted by atomic mass is 10.4. The average Bonchev–Trinajstić information content (AvgIpc) is 2.46. The Morgan fingerprint density at radius 2 is 2.00 bits per heavy atom. The molecule has 0 aliphatic rings. The Morgan fingerprint density at radius 1 is 1.25 bits per heavy atom. The fourth-order valence-electron chi connectivity index (χ4n) is 1.47. The van der Waals surface area contributed by atoms with Gasteiger partial charge in [-0.2, -0.15) is 0 Å². The van der Waals surface area contributed by atoms with Crippen LogP contribution in [0.1, 0.15) is 11.4 Å². The molecule has 4 N–H and O–H groups in total. The van der Waals surface area contributed by atoms with Crippen LogP contribution in [0.25, 0.3) is 0 Å². The molecular weight excluding hydrogens is 264 g/mol. The van der Waals surface area contributed by atoms with Crippen molar-refractivity contribution in [2.45, 2.75) is 13.5 Å². The lowest BCUT2D eigenvalue weighted by Crippen LogP contribution is -2.14. The number of rotatable bonds is 5. The number of hydrogen-bond acceptors (Lipinski definition) is 9. The van der Waals surface area contributed by atoms with Crippen molar-refractivity contribution < 1.29 is 4.92 Å². The maximum atomic E-state index is 11.0. The minimum Gasteiger partial charge on any atom is -0.358 e. The summed E-state index contributed by atoms with van der Waals surface area (Å²) in [7, 11) is 0. The summed E-state index contributed by atoms with van der Waals surface area (Å²) in [6.07, 6.45) is 4.36. The summed E-state index contributed by atoms with van der Waals surface area (Å²) in [5, 5.41) is 13.8. The molecule has 0 aromatic carbocycles. The van der Waals surface area contributed by atoms with Crippen molar-refractivity contribution in [3.05, 3.63) is 40.2 Å². The van der Waals surface area contributed by atoms with Gasteiger partial charge in [-0.1, -0.05) is 0 Å². The summed E-state index contributed by atoms with van der Waals surface area (Å²) < 4.78 is 0. The van der Waals surface area contributed by atoms with E-state index in [1.54, 1.807) is 12.4 Å². The van der Waals surface area contributed by atoms with Crippen molar-refractivity contribution >= 4 is 17.3 Å². The van der Waals surface area contributed by atoms with Crippen LogP contribution in [0.3, 0.4) is 0 Å². The van der Waals surface area contributed by atoms with Gasteiger partial charge in [0.05, 0.1) is 29.1 Å². The molecule has 2 aromatic heterocycles. The molecule has 0 radical (unpaired) electrons. The van der Waals surface area contributed by atoms with Crippen LogP contribution in [0, 0.1) is 17.0 Å². The lowest BCUT2D eigenvalue weighted by molar-refractivity contribution is -0.383. The third kappa shape index (κ3) is 2.92. The third-order valence-corrected chi connectivity index (χ3v) is 2.41. The van der Waals surface area contributed by atoms with Gasteiger partial charge in [0, 0.05) is 6.20 Å². The number of nitrogens with one attached hydrogen (secondary N) is 2. The number of aryl methyl sites for hydroxylation is 1. The summed E-state index contributed by atoms with van der Waals surface area (Å²) in [6, 6.07) is 0. The van der Waals surface area contributed by atoms with E-state index in [9.17, 15) is 10.1 Å². The van der Waals surface area contributed by atoms with Crippen LogP contribution in [-0.2, 0) is 6.54 Å². The van der Waals surface area contributed by atoms with Gasteiger partial charge in [-0.25, -0.2) is 15.8 Å². The maximum absolute atomic E-state index is 11.0. The number of nitrogens with two attached hydrogens (primary N) is 1. The summed E-state index contributed by atoms with van der Waals surface area (Å²) >= 11 is 0. The van der Waals surface area contributed by atoms with Gasteiger partial charge >= 0.3 is 5.69 Å². The molecule has 10 heteroatoms. The first kappa shape index (κ1) is 13.5. The topological polar surface area (TPSA) is 145 Å². The molecule has 2 rings (SSSR count). The van der Waals surface area contributed by atoms with Crippen LogP contribution >= 0.6 is 0 Å². The zero-order chi connectivity index (χ0) is 14.5. The first-order chi connectivity index (χ1) is 9.61. The lowest BCUT2D eigenvalue weighted by Gasteiger charge is -2.07. The van der Waals surface area contributed by atoms with E-state index < -0.39 is 4.92 Å². The second-order valence-corrected chi connectivity index (χ2v) is 3.82. The Bertz CT molecular complexity index is 615. The van der Waals surface area contributed by atoms with Gasteiger partial charge < -0.3 is 10.7 Å². The molecular formula is C10H12N8O2. The smallest absolute Gasteiger partial charge is 0.354 e. The quantitative estimate of drug-likeness (QED) is 0.400. The van der Waals surface area contributed by atoms with Crippen LogP contribution in [0.4, 0.5) is 17.3 Å². The van der Waals surface area contributed by atoms with E-state index in [0.29, 0.717) is 5.69 Å². The molecule has 2 heterocycles. The number of nitrogen functional groups attached to an aromatic ring is 1. The van der Waals surface area contributed by atoms with Crippen LogP contribution in [0.15, 0.2) is 18.7 Å². The zero-order valence-electron chi connectivity index (χ0n) is 10.6. The molecule has 0 saturated carbocycles. The fourth-order valence-corrected chi connectivity index (χ4v) is 1.47. The Hall–Kier alpha value is -2.88. The molecule has 10 nitrogen and oxygen atoms in total. The number of nitrogens with zero attached hydrogens (tertiary/aromatic N) is 5. The van der Waals surface area contributed by atoms with Crippen LogP contribution in [-0.4, -0.2) is 24.9 Å². The van der Waals surface area contributed by atoms with Crippen molar-refractivity contribution in [2.75, 3.05) is 10.7 Å². The number of nitro groups is 1. The minimum absolute atomic E-state index is 0.0559. The number of hydrogen-bond donors (Lipinski definition) is 3. The summed E-state index contributed by atoms with van der Waals surface area (Å²) in [5.41, 5.74) is 3.26. The monoisotopic (exact) mass is 276 g/mol. The van der Waals surface area contributed by atoms with Crippen molar-refractivity contribution in [1.29, 1.82) is 0 Å². The fraction of sp³-hybridized carbons (Fsp3) is 0.200. The van der Waals surface area contributed by atoms with Crippen molar-refractivity contribution in [3.8, 4) is 0 Å². The van der Waals surface area contributed by atoms with Gasteiger partial charge in [0.1, 0.15) is 6.33 Å². The number of aromatic nitrogens is 4. The second kappa shape index (κ2) is 5.84. The van der Waals surface area contributed by atoms with Crippen molar-refractivity contribution in [1.82, 2.24) is 19.9 Å². The van der Waals surface area contributed by atoms with Crippen molar-refractivity contribution in [3.63, 3.8) is 0 Å². The largest absolute Gasteiger partial charge is 0.358 e. The van der Waals surface area contributed by atoms with E-state index in [0.717, 1.165) is 5.69 Å². The first-order valence-corrected chi connectivity index (χ1v) is 5.59. The van der Waals surface area contributed by atoms with Crippen LogP contribution < -0.4 is 16.6 Å². The average molecular weight is 276 g/mol. The third-order valence-electron chi connectivity index (χ3n) is 2.41. The Morgan fingerprint density at radius 3 is 2.60 bits per heavy atom. The van der Waals surface area contributed by atoms with Crippen LogP contribution in [0.5, 0.6) is 0 Å². The predicted octanol–water partition coefficient (Wildman–Crippen LogP) is 0.381. The molecule has 104 valence electrons. The number of hydrazine groups is 1. The van der Waals surface area contributed by atoms with E-state index in [-0.39, 0.29) is 23.9 Å². The highest BCUT2D eigenvalue weighted by Crippen LogP contribution is 2.28.